The lowest BCUT2D eigenvalue weighted by Crippen LogP contribution is -2.39. The highest BCUT2D eigenvalue weighted by molar-refractivity contribution is 5.75. The van der Waals surface area contributed by atoms with E-state index in [2.05, 4.69) is 46.9 Å². The highest BCUT2D eigenvalue weighted by Gasteiger charge is 2.14. The average molecular weight is 254 g/mol. The molecule has 0 saturated heterocycles. The Kier molecular flexibility index (Phi) is 7.72. The van der Waals surface area contributed by atoms with Gasteiger partial charge in [0.25, 0.3) is 0 Å². The molecule has 18 heavy (non-hydrogen) atoms. The van der Waals surface area contributed by atoms with Gasteiger partial charge in [0.15, 0.2) is 0 Å². The molecule has 0 atom stereocenters. The molecule has 0 aliphatic heterocycles. The van der Waals surface area contributed by atoms with E-state index in [1.807, 2.05) is 11.1 Å². The fraction of sp³-hybridized carbons (Fsp3) is 0.800. The minimum atomic E-state index is 0.0221. The van der Waals surface area contributed by atoms with Crippen molar-refractivity contribution in [2.45, 2.75) is 60.8 Å². The number of carbonyl (C=O) groups excluding carboxylic acids is 1. The molecule has 0 bridgehead atoms. The van der Waals surface area contributed by atoms with E-state index in [-0.39, 0.29) is 11.4 Å². The molecule has 2 amide bonds. The number of amides is 2. The molecule has 0 aromatic rings. The molecule has 1 N–H and O–H groups in total. The number of nitrogens with zero attached hydrogens (tertiary/aromatic N) is 1. The van der Waals surface area contributed by atoms with Crippen molar-refractivity contribution < 1.29 is 4.79 Å². The van der Waals surface area contributed by atoms with Gasteiger partial charge in [0.2, 0.25) is 0 Å². The Morgan fingerprint density at radius 3 is 2.22 bits per heavy atom. The third kappa shape index (κ3) is 6.67. The molecule has 3 nitrogen and oxygen atoms in total. The number of urea groups is 1. The summed E-state index contributed by atoms with van der Waals surface area (Å²) in [7, 11) is 0. The van der Waals surface area contributed by atoms with E-state index in [1.165, 1.54) is 5.57 Å². The molecule has 0 aliphatic rings. The van der Waals surface area contributed by atoms with Crippen LogP contribution in [-0.4, -0.2) is 24.0 Å². The van der Waals surface area contributed by atoms with Crippen LogP contribution in [0.2, 0.25) is 0 Å². The summed E-state index contributed by atoms with van der Waals surface area (Å²) in [5.74, 6) is 0. The third-order valence-corrected chi connectivity index (χ3v) is 3.16. The molecule has 0 aromatic carbocycles. The average Bonchev–Trinajstić information content (AvgIpc) is 2.29. The first-order chi connectivity index (χ1) is 8.32. The molecule has 0 heterocycles. The molecule has 0 aliphatic carbocycles. The molecular weight excluding hydrogens is 224 g/mol. The van der Waals surface area contributed by atoms with Gasteiger partial charge in [0, 0.05) is 19.3 Å². The number of nitrogens with one attached hydrogen (secondary N) is 1. The van der Waals surface area contributed by atoms with Gasteiger partial charge in [-0.05, 0) is 25.2 Å². The van der Waals surface area contributed by atoms with E-state index in [9.17, 15) is 4.79 Å². The summed E-state index contributed by atoms with van der Waals surface area (Å²) >= 11 is 0. The quantitative estimate of drug-likeness (QED) is 0.758. The topological polar surface area (TPSA) is 32.3 Å². The van der Waals surface area contributed by atoms with Crippen LogP contribution < -0.4 is 5.32 Å². The Balaban J connectivity index is 4.42. The van der Waals surface area contributed by atoms with Gasteiger partial charge in [0.1, 0.15) is 0 Å². The number of unbranched alkanes of at least 4 members (excludes halogenated alkanes) is 1. The highest BCUT2D eigenvalue weighted by Crippen LogP contribution is 2.23. The van der Waals surface area contributed by atoms with Crippen LogP contribution in [0.3, 0.4) is 0 Å². The van der Waals surface area contributed by atoms with Crippen LogP contribution in [0.15, 0.2) is 11.8 Å². The Morgan fingerprint density at radius 1 is 1.17 bits per heavy atom. The van der Waals surface area contributed by atoms with Crippen molar-refractivity contribution in [3.63, 3.8) is 0 Å². The molecule has 3 heteroatoms. The molecule has 0 rings (SSSR count). The van der Waals surface area contributed by atoms with Gasteiger partial charge in [-0.15, -0.1) is 0 Å². The van der Waals surface area contributed by atoms with Crippen molar-refractivity contribution in [3.8, 4) is 0 Å². The minimum Gasteiger partial charge on any atom is -0.325 e. The van der Waals surface area contributed by atoms with Gasteiger partial charge in [-0.25, -0.2) is 4.79 Å². The minimum absolute atomic E-state index is 0.0221. The van der Waals surface area contributed by atoms with Gasteiger partial charge >= 0.3 is 6.03 Å². The SMILES string of the molecule is CCCCN(CCC)C(=O)N/C=C(\C)C(C)(C)C. The molecule has 0 unspecified atom stereocenters. The van der Waals surface area contributed by atoms with Crippen LogP contribution in [0.25, 0.3) is 0 Å². The number of hydrogen-bond donors (Lipinski definition) is 1. The van der Waals surface area contributed by atoms with Crippen LogP contribution in [0.4, 0.5) is 4.79 Å². The summed E-state index contributed by atoms with van der Waals surface area (Å²) < 4.78 is 0. The van der Waals surface area contributed by atoms with Crippen molar-refractivity contribution >= 4 is 6.03 Å². The Labute approximate surface area is 113 Å². The van der Waals surface area contributed by atoms with Crippen molar-refractivity contribution in [3.05, 3.63) is 11.8 Å². The lowest BCUT2D eigenvalue weighted by molar-refractivity contribution is 0.200. The number of rotatable bonds is 6. The van der Waals surface area contributed by atoms with E-state index < -0.39 is 0 Å². The van der Waals surface area contributed by atoms with Gasteiger partial charge in [-0.2, -0.15) is 0 Å². The summed E-state index contributed by atoms with van der Waals surface area (Å²) in [6, 6.07) is 0.0221. The fourth-order valence-corrected chi connectivity index (χ4v) is 1.41. The second-order valence-corrected chi connectivity index (χ2v) is 5.87. The molecule has 0 aromatic heterocycles. The number of carbonyl (C=O) groups is 1. The van der Waals surface area contributed by atoms with E-state index in [4.69, 9.17) is 0 Å². The predicted octanol–water partition coefficient (Wildman–Crippen LogP) is 4.16. The predicted molar refractivity (Wildman–Crippen MR) is 78.5 cm³/mol. The Hall–Kier alpha value is -0.990. The second-order valence-electron chi connectivity index (χ2n) is 5.87. The van der Waals surface area contributed by atoms with Gasteiger partial charge in [-0.1, -0.05) is 46.6 Å². The van der Waals surface area contributed by atoms with Crippen molar-refractivity contribution in [1.29, 1.82) is 0 Å². The van der Waals surface area contributed by atoms with Crippen LogP contribution in [0.1, 0.15) is 60.8 Å². The molecule has 0 radical (unpaired) electrons. The summed E-state index contributed by atoms with van der Waals surface area (Å²) in [6.07, 6.45) is 5.02. The zero-order chi connectivity index (χ0) is 14.2. The fourth-order valence-electron chi connectivity index (χ4n) is 1.41. The monoisotopic (exact) mass is 254 g/mol. The van der Waals surface area contributed by atoms with Crippen LogP contribution in [0, 0.1) is 5.41 Å². The highest BCUT2D eigenvalue weighted by atomic mass is 16.2. The maximum atomic E-state index is 12.0. The second kappa shape index (κ2) is 8.17. The molecule has 0 saturated carbocycles. The van der Waals surface area contributed by atoms with E-state index in [0.29, 0.717) is 0 Å². The third-order valence-electron chi connectivity index (χ3n) is 3.16. The normalized spacial score (nSPS) is 12.4. The Morgan fingerprint density at radius 2 is 1.78 bits per heavy atom. The van der Waals surface area contributed by atoms with Gasteiger partial charge in [-0.3, -0.25) is 0 Å². The standard InChI is InChI=1S/C15H30N2O/c1-7-9-11-17(10-8-2)14(18)16-12-13(3)15(4,5)6/h12H,7-11H2,1-6H3,(H,16,18)/b13-12+. The lowest BCUT2D eigenvalue weighted by atomic mass is 9.88. The zero-order valence-corrected chi connectivity index (χ0v) is 13.0. The molecule has 106 valence electrons. The van der Waals surface area contributed by atoms with Crippen LogP contribution >= 0.6 is 0 Å². The zero-order valence-electron chi connectivity index (χ0n) is 13.0. The number of allylic oxidation sites excluding steroid dienone is 1. The summed E-state index contributed by atoms with van der Waals surface area (Å²) in [5, 5.41) is 2.91. The maximum absolute atomic E-state index is 12.0. The van der Waals surface area contributed by atoms with Crippen molar-refractivity contribution in [2.75, 3.05) is 13.1 Å². The summed E-state index contributed by atoms with van der Waals surface area (Å²) in [6.45, 7) is 14.4. The first-order valence-corrected chi connectivity index (χ1v) is 7.05. The van der Waals surface area contributed by atoms with E-state index in [0.717, 1.165) is 32.4 Å². The molecule has 0 fully saturated rings. The molecular formula is C15H30N2O. The maximum Gasteiger partial charge on any atom is 0.321 e. The summed E-state index contributed by atoms with van der Waals surface area (Å²) in [4.78, 5) is 13.9. The smallest absolute Gasteiger partial charge is 0.321 e. The van der Waals surface area contributed by atoms with E-state index >= 15 is 0 Å². The van der Waals surface area contributed by atoms with Crippen LogP contribution in [-0.2, 0) is 0 Å². The number of hydrogen-bond acceptors (Lipinski definition) is 1. The van der Waals surface area contributed by atoms with Crippen molar-refractivity contribution in [2.24, 2.45) is 5.41 Å². The lowest BCUT2D eigenvalue weighted by Gasteiger charge is -2.23. The van der Waals surface area contributed by atoms with Crippen LogP contribution in [0.5, 0.6) is 0 Å². The van der Waals surface area contributed by atoms with Gasteiger partial charge < -0.3 is 10.2 Å². The largest absolute Gasteiger partial charge is 0.325 e. The molecule has 0 spiro atoms. The first-order valence-electron chi connectivity index (χ1n) is 7.05. The summed E-state index contributed by atoms with van der Waals surface area (Å²) in [5.41, 5.74) is 1.29. The van der Waals surface area contributed by atoms with E-state index in [1.54, 1.807) is 0 Å². The van der Waals surface area contributed by atoms with Gasteiger partial charge in [0.05, 0.1) is 0 Å². The Bertz CT molecular complexity index is 277. The van der Waals surface area contributed by atoms with Crippen molar-refractivity contribution in [1.82, 2.24) is 10.2 Å². The first kappa shape index (κ1) is 17.0.